The number of rotatable bonds is 8. The van der Waals surface area contributed by atoms with E-state index in [1.165, 1.54) is 5.56 Å². The maximum Gasteiger partial charge on any atom is 0.192 e. The number of aliphatic imine (C=N–C) groups is 1. The molecule has 2 N–H and O–H groups in total. The maximum atomic E-state index is 5.39. The van der Waals surface area contributed by atoms with Crippen LogP contribution in [0.5, 0.6) is 0 Å². The molecule has 1 aromatic heterocycles. The smallest absolute Gasteiger partial charge is 0.192 e. The average molecular weight is 344 g/mol. The van der Waals surface area contributed by atoms with Crippen LogP contribution in [0.1, 0.15) is 37.1 Å². The number of ether oxygens (including phenoxy) is 1. The highest BCUT2D eigenvalue weighted by Gasteiger charge is 2.09. The van der Waals surface area contributed by atoms with Gasteiger partial charge in [0.25, 0.3) is 0 Å². The van der Waals surface area contributed by atoms with E-state index in [0.717, 1.165) is 17.6 Å². The van der Waals surface area contributed by atoms with Crippen molar-refractivity contribution in [3.63, 3.8) is 0 Å². The minimum absolute atomic E-state index is 0.140. The molecule has 7 heteroatoms. The van der Waals surface area contributed by atoms with Crippen LogP contribution in [0.2, 0.25) is 0 Å². The number of benzene rings is 1. The lowest BCUT2D eigenvalue weighted by Crippen LogP contribution is -2.40. The Labute approximate surface area is 149 Å². The third-order valence-electron chi connectivity index (χ3n) is 3.96. The van der Waals surface area contributed by atoms with Crippen LogP contribution in [0.4, 0.5) is 0 Å². The van der Waals surface area contributed by atoms with E-state index in [0.29, 0.717) is 26.3 Å². The van der Waals surface area contributed by atoms with Crippen molar-refractivity contribution in [2.24, 2.45) is 12.0 Å². The Hall–Kier alpha value is -2.41. The fraction of sp³-hybridized carbons (Fsp3) is 0.500. The van der Waals surface area contributed by atoms with Crippen LogP contribution in [0.3, 0.4) is 0 Å². The van der Waals surface area contributed by atoms with Gasteiger partial charge in [0.05, 0.1) is 12.6 Å². The Balaban J connectivity index is 2.03. The summed E-state index contributed by atoms with van der Waals surface area (Å²) < 4.78 is 7.33. The first-order chi connectivity index (χ1) is 12.1. The van der Waals surface area contributed by atoms with Gasteiger partial charge in [0.1, 0.15) is 12.4 Å². The minimum atomic E-state index is 0.140. The lowest BCUT2D eigenvalue weighted by Gasteiger charge is -2.18. The normalized spacial score (nSPS) is 12.9. The molecule has 0 radical (unpaired) electrons. The second-order valence-corrected chi connectivity index (χ2v) is 5.79. The lowest BCUT2D eigenvalue weighted by atomic mass is 10.1. The zero-order valence-corrected chi connectivity index (χ0v) is 15.5. The quantitative estimate of drug-likeness (QED) is 0.435. The second kappa shape index (κ2) is 9.78. The number of nitrogens with zero attached hydrogens (tertiary/aromatic N) is 4. The van der Waals surface area contributed by atoms with E-state index in [9.17, 15) is 0 Å². The van der Waals surface area contributed by atoms with Crippen LogP contribution in [0, 0.1) is 6.92 Å². The molecule has 7 nitrogen and oxygen atoms in total. The molecule has 0 saturated heterocycles. The minimum Gasteiger partial charge on any atom is -0.380 e. The molecule has 0 spiro atoms. The van der Waals surface area contributed by atoms with Crippen molar-refractivity contribution in [1.82, 2.24) is 25.4 Å². The van der Waals surface area contributed by atoms with Gasteiger partial charge >= 0.3 is 0 Å². The highest BCUT2D eigenvalue weighted by Crippen LogP contribution is 2.10. The molecule has 0 saturated carbocycles. The van der Waals surface area contributed by atoms with E-state index >= 15 is 0 Å². The maximum absolute atomic E-state index is 5.39. The van der Waals surface area contributed by atoms with Gasteiger partial charge in [-0.05, 0) is 26.3 Å². The Morgan fingerprint density at radius 3 is 2.68 bits per heavy atom. The van der Waals surface area contributed by atoms with E-state index < -0.39 is 0 Å². The Kier molecular flexibility index (Phi) is 7.40. The molecule has 2 aromatic rings. The van der Waals surface area contributed by atoms with Crippen molar-refractivity contribution in [2.75, 3.05) is 19.8 Å². The van der Waals surface area contributed by atoms with Crippen molar-refractivity contribution in [2.45, 2.75) is 33.4 Å². The highest BCUT2D eigenvalue weighted by atomic mass is 16.5. The SMILES string of the molecule is CCOCCNC(=NCc1nnc(C)n1C)NC(C)c1ccccc1. The molecule has 0 bridgehead atoms. The average Bonchev–Trinajstić information content (AvgIpc) is 2.95. The zero-order chi connectivity index (χ0) is 18.1. The van der Waals surface area contributed by atoms with Crippen molar-refractivity contribution >= 4 is 5.96 Å². The van der Waals surface area contributed by atoms with Gasteiger partial charge in [0, 0.05) is 20.2 Å². The topological polar surface area (TPSA) is 76.4 Å². The molecule has 0 aliphatic heterocycles. The van der Waals surface area contributed by atoms with Gasteiger partial charge in [-0.25, -0.2) is 4.99 Å². The van der Waals surface area contributed by atoms with E-state index in [4.69, 9.17) is 4.74 Å². The van der Waals surface area contributed by atoms with Gasteiger partial charge in [-0.1, -0.05) is 30.3 Å². The highest BCUT2D eigenvalue weighted by molar-refractivity contribution is 5.80. The van der Waals surface area contributed by atoms with Crippen molar-refractivity contribution < 1.29 is 4.74 Å². The molecule has 1 heterocycles. The number of aromatic nitrogens is 3. The standard InChI is InChI=1S/C18H28N6O/c1-5-25-12-11-19-18(20-13-17-23-22-15(3)24(17)4)21-14(2)16-9-7-6-8-10-16/h6-10,14H,5,11-13H2,1-4H3,(H2,19,20,21). The Morgan fingerprint density at radius 2 is 2.04 bits per heavy atom. The van der Waals surface area contributed by atoms with E-state index in [1.807, 2.05) is 43.7 Å². The van der Waals surface area contributed by atoms with E-state index in [2.05, 4.69) is 44.9 Å². The molecule has 2 rings (SSSR count). The summed E-state index contributed by atoms with van der Waals surface area (Å²) in [7, 11) is 1.95. The lowest BCUT2D eigenvalue weighted by molar-refractivity contribution is 0.152. The van der Waals surface area contributed by atoms with Crippen LogP contribution in [0.15, 0.2) is 35.3 Å². The number of nitrogens with one attached hydrogen (secondary N) is 2. The summed E-state index contributed by atoms with van der Waals surface area (Å²) in [5, 5.41) is 15.0. The Morgan fingerprint density at radius 1 is 1.28 bits per heavy atom. The van der Waals surface area contributed by atoms with Crippen LogP contribution in [-0.2, 0) is 18.3 Å². The summed E-state index contributed by atoms with van der Waals surface area (Å²) in [6.07, 6.45) is 0. The summed E-state index contributed by atoms with van der Waals surface area (Å²) in [5.41, 5.74) is 1.20. The van der Waals surface area contributed by atoms with Crippen molar-refractivity contribution in [3.8, 4) is 0 Å². The molecule has 1 unspecified atom stereocenters. The van der Waals surface area contributed by atoms with Crippen molar-refractivity contribution in [3.05, 3.63) is 47.5 Å². The van der Waals surface area contributed by atoms with Crippen molar-refractivity contribution in [1.29, 1.82) is 0 Å². The van der Waals surface area contributed by atoms with E-state index in [1.54, 1.807) is 0 Å². The zero-order valence-electron chi connectivity index (χ0n) is 15.5. The number of aryl methyl sites for hydroxylation is 1. The number of hydrogen-bond donors (Lipinski definition) is 2. The first-order valence-electron chi connectivity index (χ1n) is 8.64. The summed E-state index contributed by atoms with van der Waals surface area (Å²) in [6, 6.07) is 10.4. The molecular formula is C18H28N6O. The van der Waals surface area contributed by atoms with Gasteiger partial charge < -0.3 is 19.9 Å². The first-order valence-corrected chi connectivity index (χ1v) is 8.64. The van der Waals surface area contributed by atoms with E-state index in [-0.39, 0.29) is 6.04 Å². The predicted octanol–water partition coefficient (Wildman–Crippen LogP) is 1.96. The molecule has 1 atom stereocenters. The largest absolute Gasteiger partial charge is 0.380 e. The fourth-order valence-electron chi connectivity index (χ4n) is 2.31. The monoisotopic (exact) mass is 344 g/mol. The number of hydrogen-bond acceptors (Lipinski definition) is 4. The summed E-state index contributed by atoms with van der Waals surface area (Å²) in [6.45, 7) is 8.53. The molecule has 0 amide bonds. The Bertz CT molecular complexity index is 667. The van der Waals surface area contributed by atoms with Crippen LogP contribution < -0.4 is 10.6 Å². The first kappa shape index (κ1) is 18.9. The van der Waals surface area contributed by atoms with Gasteiger partial charge in [-0.15, -0.1) is 10.2 Å². The van der Waals surface area contributed by atoms with Crippen LogP contribution in [-0.4, -0.2) is 40.5 Å². The fourth-order valence-corrected chi connectivity index (χ4v) is 2.31. The molecule has 136 valence electrons. The summed E-state index contributed by atoms with van der Waals surface area (Å²) in [4.78, 5) is 4.65. The molecular weight excluding hydrogens is 316 g/mol. The molecule has 25 heavy (non-hydrogen) atoms. The molecule has 0 fully saturated rings. The van der Waals surface area contributed by atoms with Gasteiger partial charge in [-0.2, -0.15) is 0 Å². The molecule has 0 aliphatic carbocycles. The van der Waals surface area contributed by atoms with Gasteiger partial charge in [0.15, 0.2) is 11.8 Å². The van der Waals surface area contributed by atoms with Crippen LogP contribution in [0.25, 0.3) is 0 Å². The summed E-state index contributed by atoms with van der Waals surface area (Å²) in [5.74, 6) is 2.44. The summed E-state index contributed by atoms with van der Waals surface area (Å²) >= 11 is 0. The van der Waals surface area contributed by atoms with Gasteiger partial charge in [-0.3, -0.25) is 0 Å². The predicted molar refractivity (Wildman–Crippen MR) is 99.4 cm³/mol. The number of guanidine groups is 1. The van der Waals surface area contributed by atoms with Gasteiger partial charge in [0.2, 0.25) is 0 Å². The second-order valence-electron chi connectivity index (χ2n) is 5.79. The molecule has 1 aromatic carbocycles. The third-order valence-corrected chi connectivity index (χ3v) is 3.96. The third kappa shape index (κ3) is 5.86. The van der Waals surface area contributed by atoms with Crippen LogP contribution >= 0.6 is 0 Å². The molecule has 0 aliphatic rings.